The van der Waals surface area contributed by atoms with Crippen molar-refractivity contribution >= 4 is 35.0 Å². The number of likely N-dealkylation sites (tertiary alicyclic amines) is 1. The summed E-state index contributed by atoms with van der Waals surface area (Å²) in [4.78, 5) is 32.2. The zero-order chi connectivity index (χ0) is 34.1. The molecule has 0 N–H and O–H groups in total. The summed E-state index contributed by atoms with van der Waals surface area (Å²) in [6, 6.07) is 14.7. The van der Waals surface area contributed by atoms with Gasteiger partial charge < -0.3 is 14.5 Å². The van der Waals surface area contributed by atoms with Crippen molar-refractivity contribution in [3.63, 3.8) is 0 Å². The van der Waals surface area contributed by atoms with Gasteiger partial charge in [0, 0.05) is 57.3 Å². The first-order valence-electron chi connectivity index (χ1n) is 14.8. The number of carbonyl (C=O) groups excluding carboxylic acids is 2. The minimum atomic E-state index is -5.11. The van der Waals surface area contributed by atoms with Crippen molar-refractivity contribution < 1.29 is 40.7 Å². The number of halogens is 8. The maximum atomic E-state index is 13.8. The van der Waals surface area contributed by atoms with Gasteiger partial charge in [-0.15, -0.1) is 0 Å². The van der Waals surface area contributed by atoms with Gasteiger partial charge in [-0.2, -0.15) is 26.3 Å². The van der Waals surface area contributed by atoms with Crippen molar-refractivity contribution in [1.29, 1.82) is 0 Å². The van der Waals surface area contributed by atoms with E-state index in [0.717, 1.165) is 10.5 Å². The fourth-order valence-corrected chi connectivity index (χ4v) is 6.45. The number of hydrogen-bond acceptors (Lipinski definition) is 4. The molecular formula is C33H31Cl2F6N3O3. The second-order valence-corrected chi connectivity index (χ2v) is 12.5. The molecule has 0 aromatic heterocycles. The highest BCUT2D eigenvalue weighted by atomic mass is 35.5. The molecule has 3 atom stereocenters. The van der Waals surface area contributed by atoms with Gasteiger partial charge in [-0.1, -0.05) is 59.6 Å². The Labute approximate surface area is 277 Å². The molecule has 3 aromatic rings. The van der Waals surface area contributed by atoms with E-state index < -0.39 is 53.0 Å². The largest absolute Gasteiger partial charge is 0.416 e. The van der Waals surface area contributed by atoms with Crippen LogP contribution >= 0.6 is 23.2 Å². The van der Waals surface area contributed by atoms with Gasteiger partial charge in [0.05, 0.1) is 27.8 Å². The topological polar surface area (TPSA) is 53.1 Å². The third kappa shape index (κ3) is 8.22. The molecule has 2 amide bonds. The summed E-state index contributed by atoms with van der Waals surface area (Å²) in [5.41, 5.74) is -2.23. The van der Waals surface area contributed by atoms with Crippen molar-refractivity contribution in [2.75, 3.05) is 39.8 Å². The van der Waals surface area contributed by atoms with Crippen LogP contribution in [0.3, 0.4) is 0 Å². The van der Waals surface area contributed by atoms with Crippen LogP contribution in [0.2, 0.25) is 10.0 Å². The number of nitrogens with zero attached hydrogens (tertiary/aromatic N) is 3. The van der Waals surface area contributed by atoms with Crippen molar-refractivity contribution in [3.05, 3.63) is 105 Å². The predicted octanol–water partition coefficient (Wildman–Crippen LogP) is 7.39. The Hall–Kier alpha value is -3.32. The van der Waals surface area contributed by atoms with Crippen LogP contribution in [-0.4, -0.2) is 78.5 Å². The van der Waals surface area contributed by atoms with Gasteiger partial charge >= 0.3 is 12.4 Å². The predicted molar refractivity (Wildman–Crippen MR) is 164 cm³/mol. The molecule has 2 aliphatic heterocycles. The lowest BCUT2D eigenvalue weighted by atomic mass is 9.84. The van der Waals surface area contributed by atoms with E-state index in [9.17, 15) is 35.9 Å². The molecule has 2 heterocycles. The molecule has 6 nitrogen and oxygen atoms in total. The molecule has 0 aliphatic carbocycles. The Morgan fingerprint density at radius 3 is 2.15 bits per heavy atom. The molecule has 47 heavy (non-hydrogen) atoms. The molecular weight excluding hydrogens is 671 g/mol. The summed E-state index contributed by atoms with van der Waals surface area (Å²) in [5.74, 6) is -1.88. The van der Waals surface area contributed by atoms with Crippen LogP contribution in [0, 0.1) is 0 Å². The summed E-state index contributed by atoms with van der Waals surface area (Å²) >= 11 is 12.4. The number of alkyl halides is 6. The second kappa shape index (κ2) is 14.0. The summed E-state index contributed by atoms with van der Waals surface area (Å²) in [5, 5.41) is 0.470. The van der Waals surface area contributed by atoms with Crippen LogP contribution < -0.4 is 0 Å². The molecule has 2 saturated heterocycles. The van der Waals surface area contributed by atoms with Gasteiger partial charge in [0.25, 0.3) is 11.8 Å². The lowest BCUT2D eigenvalue weighted by Gasteiger charge is -2.44. The lowest BCUT2D eigenvalue weighted by molar-refractivity contribution is -0.151. The number of ether oxygens (including phenoxy) is 1. The van der Waals surface area contributed by atoms with E-state index in [1.807, 2.05) is 30.3 Å². The van der Waals surface area contributed by atoms with Gasteiger partial charge in [-0.3, -0.25) is 14.5 Å². The van der Waals surface area contributed by atoms with E-state index >= 15 is 0 Å². The number of piperidine rings is 1. The highest BCUT2D eigenvalue weighted by Gasteiger charge is 2.41. The van der Waals surface area contributed by atoms with Gasteiger partial charge in [0.15, 0.2) is 0 Å². The quantitative estimate of drug-likeness (QED) is 0.252. The number of likely N-dealkylation sites (N-methyl/N-ethyl adjacent to an activating group) is 1. The average Bonchev–Trinajstić information content (AvgIpc) is 3.04. The zero-order valence-corrected chi connectivity index (χ0v) is 26.6. The van der Waals surface area contributed by atoms with E-state index in [2.05, 4.69) is 4.90 Å². The standard InChI is InChI=1S/C33H31Cl2F6N3O3/c1-42(30(45)22-13-23(32(36,37)38)16-24(14-22)33(39,40)41)28-9-10-44(18-25(28)21-7-8-26(34)27(35)15-21)31(46)29-19-43(11-12-47-29)17-20-5-3-2-4-6-20/h2-8,13-16,25,28-29H,9-12,17-19H2,1H3/t25-,28+,29?/m0/s1. The van der Waals surface area contributed by atoms with Crippen molar-refractivity contribution in [3.8, 4) is 0 Å². The van der Waals surface area contributed by atoms with Crippen LogP contribution in [0.4, 0.5) is 26.3 Å². The highest BCUT2D eigenvalue weighted by Crippen LogP contribution is 2.38. The molecule has 252 valence electrons. The Morgan fingerprint density at radius 1 is 0.872 bits per heavy atom. The van der Waals surface area contributed by atoms with Crippen molar-refractivity contribution in [2.24, 2.45) is 0 Å². The molecule has 0 radical (unpaired) electrons. The number of rotatable bonds is 6. The van der Waals surface area contributed by atoms with Crippen molar-refractivity contribution in [2.45, 2.75) is 43.4 Å². The monoisotopic (exact) mass is 701 g/mol. The Morgan fingerprint density at radius 2 is 1.53 bits per heavy atom. The van der Waals surface area contributed by atoms with Gasteiger partial charge in [0.1, 0.15) is 6.10 Å². The lowest BCUT2D eigenvalue weighted by Crippen LogP contribution is -2.56. The second-order valence-electron chi connectivity index (χ2n) is 11.7. The Balaban J connectivity index is 1.40. The summed E-state index contributed by atoms with van der Waals surface area (Å²) in [7, 11) is 1.33. The molecule has 2 aliphatic rings. The Bertz CT molecular complexity index is 1570. The van der Waals surface area contributed by atoms with E-state index in [1.54, 1.807) is 23.1 Å². The first kappa shape index (κ1) is 35.0. The molecule has 14 heteroatoms. The number of benzene rings is 3. The normalized spacial score (nSPS) is 21.0. The molecule has 0 spiro atoms. The minimum absolute atomic E-state index is 0.0201. The summed E-state index contributed by atoms with van der Waals surface area (Å²) in [6.45, 7) is 2.26. The van der Waals surface area contributed by atoms with Crippen LogP contribution in [0.1, 0.15) is 45.0 Å². The van der Waals surface area contributed by atoms with Crippen LogP contribution in [0.15, 0.2) is 66.7 Å². The number of hydrogen-bond donors (Lipinski definition) is 0. The van der Waals surface area contributed by atoms with E-state index in [4.69, 9.17) is 27.9 Å². The number of amides is 2. The number of morpholine rings is 1. The zero-order valence-electron chi connectivity index (χ0n) is 25.1. The van der Waals surface area contributed by atoms with Gasteiger partial charge in [-0.25, -0.2) is 0 Å². The maximum absolute atomic E-state index is 13.8. The maximum Gasteiger partial charge on any atom is 0.416 e. The third-order valence-corrected chi connectivity index (χ3v) is 9.33. The molecule has 0 saturated carbocycles. The number of carbonyl (C=O) groups is 2. The fourth-order valence-electron chi connectivity index (χ4n) is 6.15. The minimum Gasteiger partial charge on any atom is -0.366 e. The molecule has 5 rings (SSSR count). The first-order chi connectivity index (χ1) is 22.1. The smallest absolute Gasteiger partial charge is 0.366 e. The van der Waals surface area contributed by atoms with E-state index in [1.165, 1.54) is 7.05 Å². The third-order valence-electron chi connectivity index (χ3n) is 8.59. The van der Waals surface area contributed by atoms with Gasteiger partial charge in [-0.05, 0) is 47.9 Å². The SMILES string of the molecule is CN(C(=O)c1cc(C(F)(F)F)cc(C(F)(F)F)c1)[C@@H]1CCN(C(=O)C2CN(Cc3ccccc3)CCO2)C[C@H]1c1ccc(Cl)c(Cl)c1. The average molecular weight is 703 g/mol. The van der Waals surface area contributed by atoms with Crippen molar-refractivity contribution in [1.82, 2.24) is 14.7 Å². The van der Waals surface area contributed by atoms with Gasteiger partial charge in [0.2, 0.25) is 0 Å². The van der Waals surface area contributed by atoms with Crippen LogP contribution in [-0.2, 0) is 28.4 Å². The first-order valence-corrected chi connectivity index (χ1v) is 15.6. The molecule has 0 bridgehead atoms. The van der Waals surface area contributed by atoms with Crippen LogP contribution in [0.5, 0.6) is 0 Å². The molecule has 2 fully saturated rings. The summed E-state index contributed by atoms with van der Waals surface area (Å²) < 4.78 is 87.2. The fraction of sp³-hybridized carbons (Fsp3) is 0.394. The highest BCUT2D eigenvalue weighted by molar-refractivity contribution is 6.42. The van der Waals surface area contributed by atoms with E-state index in [0.29, 0.717) is 43.9 Å². The Kier molecular flexibility index (Phi) is 10.5. The van der Waals surface area contributed by atoms with Crippen LogP contribution in [0.25, 0.3) is 0 Å². The summed E-state index contributed by atoms with van der Waals surface area (Å²) in [6.07, 6.45) is -10.8. The molecule has 1 unspecified atom stereocenters. The molecule has 3 aromatic carbocycles. The van der Waals surface area contributed by atoms with E-state index in [-0.39, 0.29) is 41.5 Å².